The summed E-state index contributed by atoms with van der Waals surface area (Å²) in [6.45, 7) is 2.05. The fourth-order valence-corrected chi connectivity index (χ4v) is 3.86. The molecule has 174 valence electrons. The topological polar surface area (TPSA) is 59.1 Å². The number of halogens is 3. The van der Waals surface area contributed by atoms with Gasteiger partial charge in [0.1, 0.15) is 17.1 Å². The molecule has 2 N–H and O–H groups in total. The molecule has 8 heteroatoms. The van der Waals surface area contributed by atoms with Gasteiger partial charge in [-0.25, -0.2) is 4.98 Å². The Bertz CT molecular complexity index is 1060. The molecule has 0 amide bonds. The highest BCUT2D eigenvalue weighted by molar-refractivity contribution is 5.64. The zero-order chi connectivity index (χ0) is 23.3. The predicted molar refractivity (Wildman–Crippen MR) is 123 cm³/mol. The van der Waals surface area contributed by atoms with E-state index in [0.717, 1.165) is 43.9 Å². The molecule has 1 fully saturated rings. The molecule has 4 rings (SSSR count). The fraction of sp³-hybridized carbons (Fsp3) is 0.360. The number of aryl methyl sites for hydroxylation is 1. The molecule has 1 aliphatic rings. The van der Waals surface area contributed by atoms with Crippen LogP contribution in [-0.2, 0) is 12.6 Å². The van der Waals surface area contributed by atoms with E-state index in [4.69, 9.17) is 4.74 Å². The van der Waals surface area contributed by atoms with Crippen LogP contribution in [-0.4, -0.2) is 16.1 Å². The van der Waals surface area contributed by atoms with Gasteiger partial charge >= 0.3 is 6.18 Å². The normalized spacial score (nSPS) is 14.7. The number of nitrogens with one attached hydrogen (secondary N) is 2. The number of aromatic nitrogens is 2. The molecule has 0 saturated heterocycles. The highest BCUT2D eigenvalue weighted by Crippen LogP contribution is 2.36. The zero-order valence-corrected chi connectivity index (χ0v) is 18.5. The Balaban J connectivity index is 1.55. The maximum atomic E-state index is 13.6. The lowest BCUT2D eigenvalue weighted by Crippen LogP contribution is -2.19. The quantitative estimate of drug-likeness (QED) is 0.392. The molecule has 1 saturated carbocycles. The van der Waals surface area contributed by atoms with Crippen molar-refractivity contribution in [2.24, 2.45) is 0 Å². The highest BCUT2D eigenvalue weighted by Gasteiger charge is 2.35. The molecular formula is C25H27F3N4O. The van der Waals surface area contributed by atoms with Crippen LogP contribution in [0.1, 0.15) is 50.2 Å². The molecule has 0 spiro atoms. The van der Waals surface area contributed by atoms with Crippen molar-refractivity contribution in [1.82, 2.24) is 9.97 Å². The molecule has 3 aromatic rings. The van der Waals surface area contributed by atoms with Crippen LogP contribution in [0.5, 0.6) is 5.75 Å². The predicted octanol–water partition coefficient (Wildman–Crippen LogP) is 7.26. The number of hydrogen-bond donors (Lipinski definition) is 2. The van der Waals surface area contributed by atoms with E-state index in [1.807, 2.05) is 30.3 Å². The van der Waals surface area contributed by atoms with Crippen LogP contribution in [0.2, 0.25) is 0 Å². The summed E-state index contributed by atoms with van der Waals surface area (Å²) in [6.07, 6.45) is 2.72. The first kappa shape index (κ1) is 22.9. The van der Waals surface area contributed by atoms with Gasteiger partial charge in [0, 0.05) is 23.6 Å². The van der Waals surface area contributed by atoms with E-state index in [2.05, 4.69) is 27.5 Å². The third-order valence-electron chi connectivity index (χ3n) is 5.66. The zero-order valence-electron chi connectivity index (χ0n) is 18.5. The maximum Gasteiger partial charge on any atom is 0.421 e. The van der Waals surface area contributed by atoms with Gasteiger partial charge in [-0.2, -0.15) is 18.2 Å². The van der Waals surface area contributed by atoms with Crippen molar-refractivity contribution in [3.05, 3.63) is 65.9 Å². The minimum atomic E-state index is -4.60. The molecule has 0 aliphatic heterocycles. The summed E-state index contributed by atoms with van der Waals surface area (Å²) < 4.78 is 46.9. The van der Waals surface area contributed by atoms with Crippen LogP contribution in [0.3, 0.4) is 0 Å². The van der Waals surface area contributed by atoms with Crippen LogP contribution < -0.4 is 15.4 Å². The minimum absolute atomic E-state index is 0.0735. The first-order chi connectivity index (χ1) is 15.9. The molecule has 5 nitrogen and oxygen atoms in total. The van der Waals surface area contributed by atoms with Crippen LogP contribution in [0.15, 0.2) is 54.7 Å². The average Bonchev–Trinajstić information content (AvgIpc) is 2.80. The molecule has 2 aromatic carbocycles. The van der Waals surface area contributed by atoms with Gasteiger partial charge in [0.2, 0.25) is 5.95 Å². The first-order valence-electron chi connectivity index (χ1n) is 11.2. The van der Waals surface area contributed by atoms with E-state index in [1.165, 1.54) is 6.42 Å². The second kappa shape index (κ2) is 10.1. The summed E-state index contributed by atoms with van der Waals surface area (Å²) in [5.74, 6) is 0.383. The van der Waals surface area contributed by atoms with E-state index < -0.39 is 11.7 Å². The van der Waals surface area contributed by atoms with Crippen molar-refractivity contribution in [3.8, 4) is 5.75 Å². The van der Waals surface area contributed by atoms with Crippen molar-refractivity contribution in [2.45, 2.75) is 57.7 Å². The van der Waals surface area contributed by atoms with E-state index in [9.17, 15) is 13.2 Å². The van der Waals surface area contributed by atoms with E-state index >= 15 is 0 Å². The van der Waals surface area contributed by atoms with Crippen molar-refractivity contribution in [2.75, 3.05) is 10.6 Å². The largest absolute Gasteiger partial charge is 0.490 e. The number of alkyl halides is 3. The molecular weight excluding hydrogens is 429 g/mol. The van der Waals surface area contributed by atoms with Crippen LogP contribution in [0, 0.1) is 0 Å². The first-order valence-corrected chi connectivity index (χ1v) is 11.2. The average molecular weight is 457 g/mol. The number of nitrogens with zero attached hydrogens (tertiary/aromatic N) is 2. The van der Waals surface area contributed by atoms with Crippen LogP contribution in [0.4, 0.5) is 36.3 Å². The lowest BCUT2D eigenvalue weighted by Gasteiger charge is -2.23. The smallest absolute Gasteiger partial charge is 0.421 e. The van der Waals surface area contributed by atoms with Gasteiger partial charge in [-0.05, 0) is 61.9 Å². The van der Waals surface area contributed by atoms with Gasteiger partial charge in [0.05, 0.1) is 6.10 Å². The Morgan fingerprint density at radius 3 is 2.42 bits per heavy atom. The highest BCUT2D eigenvalue weighted by atomic mass is 19.4. The molecule has 1 aromatic heterocycles. The number of ether oxygens (including phenoxy) is 1. The monoisotopic (exact) mass is 456 g/mol. The van der Waals surface area contributed by atoms with Crippen LogP contribution >= 0.6 is 0 Å². The third kappa shape index (κ3) is 6.15. The molecule has 33 heavy (non-hydrogen) atoms. The van der Waals surface area contributed by atoms with E-state index in [0.29, 0.717) is 17.1 Å². The van der Waals surface area contributed by atoms with E-state index in [-0.39, 0.29) is 17.9 Å². The fourth-order valence-electron chi connectivity index (χ4n) is 3.86. The van der Waals surface area contributed by atoms with Crippen LogP contribution in [0.25, 0.3) is 0 Å². The summed E-state index contributed by atoms with van der Waals surface area (Å²) >= 11 is 0. The summed E-state index contributed by atoms with van der Waals surface area (Å²) in [5.41, 5.74) is 1.38. The molecule has 0 bridgehead atoms. The third-order valence-corrected chi connectivity index (χ3v) is 5.66. The maximum absolute atomic E-state index is 13.6. The lowest BCUT2D eigenvalue weighted by atomic mass is 9.98. The number of anilines is 4. The Hall–Kier alpha value is -3.29. The van der Waals surface area contributed by atoms with Gasteiger partial charge in [0.25, 0.3) is 0 Å². The SMILES string of the molecule is CCc1ccc(Nc2ncc(C(F)(F)F)c(Nc3cccc(OC4CCCCC4)c3)n2)cc1. The van der Waals surface area contributed by atoms with Crippen molar-refractivity contribution >= 4 is 23.1 Å². The van der Waals surface area contributed by atoms with E-state index in [1.54, 1.807) is 18.2 Å². The Morgan fingerprint density at radius 1 is 0.970 bits per heavy atom. The molecule has 0 atom stereocenters. The summed E-state index contributed by atoms with van der Waals surface area (Å²) in [4.78, 5) is 8.00. The molecule has 1 aliphatic carbocycles. The van der Waals surface area contributed by atoms with Gasteiger partial charge in [-0.1, -0.05) is 31.5 Å². The van der Waals surface area contributed by atoms with Gasteiger partial charge < -0.3 is 15.4 Å². The van der Waals surface area contributed by atoms with Crippen molar-refractivity contribution in [1.29, 1.82) is 0 Å². The summed E-state index contributed by atoms with van der Waals surface area (Å²) in [6, 6.07) is 14.5. The Kier molecular flexibility index (Phi) is 7.01. The summed E-state index contributed by atoms with van der Waals surface area (Å²) in [5, 5.41) is 5.78. The Morgan fingerprint density at radius 2 is 1.73 bits per heavy atom. The second-order valence-corrected chi connectivity index (χ2v) is 8.16. The summed E-state index contributed by atoms with van der Waals surface area (Å²) in [7, 11) is 0. The number of benzene rings is 2. The van der Waals surface area contributed by atoms with Gasteiger partial charge in [-0.15, -0.1) is 0 Å². The lowest BCUT2D eigenvalue weighted by molar-refractivity contribution is -0.137. The standard InChI is InChI=1S/C25H27F3N4O/c1-2-17-11-13-18(14-12-17)31-24-29-16-22(25(26,27)28)23(32-24)30-19-7-6-10-21(15-19)33-20-8-4-3-5-9-20/h6-7,10-16,20H,2-5,8-9H2,1H3,(H2,29,30,31,32). The number of rotatable bonds is 7. The molecule has 0 radical (unpaired) electrons. The van der Waals surface area contributed by atoms with Gasteiger partial charge in [-0.3, -0.25) is 0 Å². The van der Waals surface area contributed by atoms with Crippen molar-refractivity contribution < 1.29 is 17.9 Å². The van der Waals surface area contributed by atoms with Gasteiger partial charge in [0.15, 0.2) is 0 Å². The molecule has 0 unspecified atom stereocenters. The molecule has 1 heterocycles. The number of hydrogen-bond acceptors (Lipinski definition) is 5. The van der Waals surface area contributed by atoms with Crippen molar-refractivity contribution in [3.63, 3.8) is 0 Å². The minimum Gasteiger partial charge on any atom is -0.490 e. The Labute approximate surface area is 191 Å². The second-order valence-electron chi connectivity index (χ2n) is 8.16.